The molecule has 2 unspecified atom stereocenters. The van der Waals surface area contributed by atoms with E-state index in [4.69, 9.17) is 0 Å². The van der Waals surface area contributed by atoms with Crippen LogP contribution in [0, 0.1) is 16.0 Å². The summed E-state index contributed by atoms with van der Waals surface area (Å²) < 4.78 is 0. The normalized spacial score (nSPS) is 13.9. The Labute approximate surface area is 128 Å². The van der Waals surface area contributed by atoms with E-state index < -0.39 is 0 Å². The fraction of sp³-hybridized carbons (Fsp3) is 0.647. The van der Waals surface area contributed by atoms with Gasteiger partial charge in [0.15, 0.2) is 0 Å². The predicted octanol–water partition coefficient (Wildman–Crippen LogP) is 4.33. The van der Waals surface area contributed by atoms with Crippen LogP contribution in [0.15, 0.2) is 24.3 Å². The highest BCUT2D eigenvalue weighted by molar-refractivity contribution is 5.40. The van der Waals surface area contributed by atoms with E-state index in [1.807, 2.05) is 12.1 Å². The van der Waals surface area contributed by atoms with Gasteiger partial charge in [0.2, 0.25) is 0 Å². The quantitative estimate of drug-likeness (QED) is 0.516. The number of unbranched alkanes of at least 4 members (excludes halogenated alkanes) is 1. The Morgan fingerprint density at radius 2 is 1.95 bits per heavy atom. The van der Waals surface area contributed by atoms with Crippen molar-refractivity contribution in [2.24, 2.45) is 5.92 Å². The van der Waals surface area contributed by atoms with Crippen molar-refractivity contribution in [2.45, 2.75) is 58.9 Å². The molecule has 0 aromatic heterocycles. The summed E-state index contributed by atoms with van der Waals surface area (Å²) in [6.45, 7) is 7.41. The average Bonchev–Trinajstić information content (AvgIpc) is 2.48. The maximum absolute atomic E-state index is 11.2. The number of benzene rings is 1. The van der Waals surface area contributed by atoms with Crippen LogP contribution in [0.2, 0.25) is 0 Å². The van der Waals surface area contributed by atoms with Gasteiger partial charge < -0.3 is 5.32 Å². The Morgan fingerprint density at radius 1 is 1.24 bits per heavy atom. The molecule has 0 aliphatic rings. The third kappa shape index (κ3) is 5.46. The lowest BCUT2D eigenvalue weighted by Crippen LogP contribution is -2.38. The van der Waals surface area contributed by atoms with Crippen molar-refractivity contribution in [3.63, 3.8) is 0 Å². The van der Waals surface area contributed by atoms with E-state index in [2.05, 4.69) is 26.1 Å². The maximum atomic E-state index is 11.2. The lowest BCUT2D eigenvalue weighted by Gasteiger charge is -2.27. The Bertz CT molecular complexity index is 435. The largest absolute Gasteiger partial charge is 0.314 e. The maximum Gasteiger partial charge on any atom is 0.272 e. The zero-order valence-corrected chi connectivity index (χ0v) is 13.5. The number of likely N-dealkylation sites (N-methyl/N-ethyl adjacent to an activating group) is 1. The van der Waals surface area contributed by atoms with Crippen molar-refractivity contribution in [2.75, 3.05) is 6.54 Å². The Morgan fingerprint density at radius 3 is 2.52 bits per heavy atom. The molecule has 0 spiro atoms. The second-order valence-electron chi connectivity index (χ2n) is 5.56. The van der Waals surface area contributed by atoms with Crippen molar-refractivity contribution in [1.82, 2.24) is 5.32 Å². The summed E-state index contributed by atoms with van der Waals surface area (Å²) in [5.41, 5.74) is 1.08. The highest BCUT2D eigenvalue weighted by atomic mass is 16.6. The molecule has 0 aliphatic carbocycles. The molecule has 21 heavy (non-hydrogen) atoms. The molecule has 0 aliphatic heterocycles. The standard InChI is InChI=1S/C17H28N2O2/c1-4-7-10-14(5-2)16(18-6-3)13-15-11-8-9-12-17(15)19(20)21/h8-9,11-12,14,16,18H,4-7,10,13H2,1-3H3. The number of nitrogens with one attached hydrogen (secondary N) is 1. The summed E-state index contributed by atoms with van der Waals surface area (Å²) in [5.74, 6) is 0.574. The van der Waals surface area contributed by atoms with E-state index in [1.165, 1.54) is 19.3 Å². The number of rotatable bonds is 10. The van der Waals surface area contributed by atoms with Gasteiger partial charge >= 0.3 is 0 Å². The van der Waals surface area contributed by atoms with E-state index in [0.717, 1.165) is 24.9 Å². The van der Waals surface area contributed by atoms with E-state index in [1.54, 1.807) is 12.1 Å². The lowest BCUT2D eigenvalue weighted by atomic mass is 9.87. The molecule has 4 heteroatoms. The van der Waals surface area contributed by atoms with Crippen LogP contribution in [0.25, 0.3) is 0 Å². The molecule has 1 aromatic carbocycles. The Balaban J connectivity index is 2.89. The van der Waals surface area contributed by atoms with Gasteiger partial charge in [0.05, 0.1) is 4.92 Å². The molecular formula is C17H28N2O2. The molecular weight excluding hydrogens is 264 g/mol. The zero-order valence-electron chi connectivity index (χ0n) is 13.5. The van der Waals surface area contributed by atoms with Crippen molar-refractivity contribution < 1.29 is 4.92 Å². The number of nitro benzene ring substituents is 1. The van der Waals surface area contributed by atoms with E-state index >= 15 is 0 Å². The van der Waals surface area contributed by atoms with Crippen molar-refractivity contribution in [1.29, 1.82) is 0 Å². The second-order valence-corrected chi connectivity index (χ2v) is 5.56. The lowest BCUT2D eigenvalue weighted by molar-refractivity contribution is -0.385. The number of nitro groups is 1. The molecule has 0 bridgehead atoms. The monoisotopic (exact) mass is 292 g/mol. The van der Waals surface area contributed by atoms with Gasteiger partial charge in [-0.15, -0.1) is 0 Å². The van der Waals surface area contributed by atoms with Crippen LogP contribution in [0.3, 0.4) is 0 Å². The first kappa shape index (κ1) is 17.6. The van der Waals surface area contributed by atoms with Gasteiger partial charge in [-0.1, -0.05) is 58.2 Å². The summed E-state index contributed by atoms with van der Waals surface area (Å²) in [6.07, 6.45) is 5.44. The molecule has 1 N–H and O–H groups in total. The summed E-state index contributed by atoms with van der Waals surface area (Å²) in [4.78, 5) is 10.9. The topological polar surface area (TPSA) is 55.2 Å². The molecule has 0 saturated heterocycles. The fourth-order valence-electron chi connectivity index (χ4n) is 2.92. The molecule has 0 radical (unpaired) electrons. The minimum atomic E-state index is -0.272. The third-order valence-corrected chi connectivity index (χ3v) is 4.12. The van der Waals surface area contributed by atoms with Crippen LogP contribution in [0.4, 0.5) is 5.69 Å². The van der Waals surface area contributed by atoms with Crippen molar-refractivity contribution >= 4 is 5.69 Å². The van der Waals surface area contributed by atoms with Crippen LogP contribution in [0.5, 0.6) is 0 Å². The van der Waals surface area contributed by atoms with Crippen LogP contribution in [-0.2, 0) is 6.42 Å². The van der Waals surface area contributed by atoms with Gasteiger partial charge in [0, 0.05) is 17.7 Å². The molecule has 0 amide bonds. The molecule has 0 heterocycles. The van der Waals surface area contributed by atoms with Gasteiger partial charge in [0.1, 0.15) is 0 Å². The predicted molar refractivity (Wildman–Crippen MR) is 87.6 cm³/mol. The molecule has 118 valence electrons. The minimum Gasteiger partial charge on any atom is -0.314 e. The highest BCUT2D eigenvalue weighted by Gasteiger charge is 2.22. The Hall–Kier alpha value is -1.42. The van der Waals surface area contributed by atoms with Crippen LogP contribution in [-0.4, -0.2) is 17.5 Å². The summed E-state index contributed by atoms with van der Waals surface area (Å²) in [5, 5.41) is 14.7. The molecule has 2 atom stereocenters. The van der Waals surface area contributed by atoms with Crippen LogP contribution in [0.1, 0.15) is 52.0 Å². The van der Waals surface area contributed by atoms with Gasteiger partial charge in [-0.25, -0.2) is 0 Å². The first-order chi connectivity index (χ1) is 10.1. The molecule has 1 aromatic rings. The third-order valence-electron chi connectivity index (χ3n) is 4.12. The SMILES string of the molecule is CCCCC(CC)C(Cc1ccccc1[N+](=O)[O-])NCC. The molecule has 1 rings (SSSR count). The van der Waals surface area contributed by atoms with Crippen LogP contribution < -0.4 is 5.32 Å². The van der Waals surface area contributed by atoms with E-state index in [-0.39, 0.29) is 10.6 Å². The van der Waals surface area contributed by atoms with Gasteiger partial charge in [-0.3, -0.25) is 10.1 Å². The van der Waals surface area contributed by atoms with E-state index in [9.17, 15) is 10.1 Å². The second kappa shape index (κ2) is 9.50. The molecule has 4 nitrogen and oxygen atoms in total. The average molecular weight is 292 g/mol. The van der Waals surface area contributed by atoms with Crippen molar-refractivity contribution in [3.05, 3.63) is 39.9 Å². The highest BCUT2D eigenvalue weighted by Crippen LogP contribution is 2.24. The first-order valence-electron chi connectivity index (χ1n) is 8.09. The number of hydrogen-bond acceptors (Lipinski definition) is 3. The van der Waals surface area contributed by atoms with Crippen molar-refractivity contribution in [3.8, 4) is 0 Å². The van der Waals surface area contributed by atoms with E-state index in [0.29, 0.717) is 12.0 Å². The Kier molecular flexibility index (Phi) is 7.98. The number of hydrogen-bond donors (Lipinski definition) is 1. The van der Waals surface area contributed by atoms with Crippen LogP contribution >= 0.6 is 0 Å². The number of nitrogens with zero attached hydrogens (tertiary/aromatic N) is 1. The van der Waals surface area contributed by atoms with Gasteiger partial charge in [-0.05, 0) is 25.3 Å². The zero-order chi connectivity index (χ0) is 15.7. The smallest absolute Gasteiger partial charge is 0.272 e. The summed E-state index contributed by atoms with van der Waals surface area (Å²) >= 11 is 0. The van der Waals surface area contributed by atoms with Gasteiger partial charge in [-0.2, -0.15) is 0 Å². The molecule has 0 saturated carbocycles. The fourth-order valence-corrected chi connectivity index (χ4v) is 2.92. The van der Waals surface area contributed by atoms with Gasteiger partial charge in [0.25, 0.3) is 5.69 Å². The minimum absolute atomic E-state index is 0.241. The molecule has 0 fully saturated rings. The summed E-state index contributed by atoms with van der Waals surface area (Å²) in [6, 6.07) is 7.42. The number of para-hydroxylation sites is 1. The first-order valence-corrected chi connectivity index (χ1v) is 8.09. The summed E-state index contributed by atoms with van der Waals surface area (Å²) in [7, 11) is 0.